The fourth-order valence-corrected chi connectivity index (χ4v) is 2.63. The highest BCUT2D eigenvalue weighted by molar-refractivity contribution is 7.80. The number of hydrogen-bond acceptors (Lipinski definition) is 9. The van der Waals surface area contributed by atoms with E-state index < -0.39 is 60.4 Å². The van der Waals surface area contributed by atoms with Crippen molar-refractivity contribution >= 4 is 42.3 Å². The van der Waals surface area contributed by atoms with Crippen molar-refractivity contribution in [3.63, 3.8) is 0 Å². The lowest BCUT2D eigenvalue weighted by Gasteiger charge is -2.24. The second-order valence-electron chi connectivity index (χ2n) is 6.71. The standard InChI is InChI=1S/C17H31N5O8S/c18-6-2-1-3-10(15(27)21-11(7-23)17(29)30)20-16(28)12(8-31)22-14(26)9(19)4-5-13(24)25/h9-12,23,31H,1-8,18-19H2,(H,20,28)(H,21,27)(H,22,26)(H,24,25)(H,29,30). The summed E-state index contributed by atoms with van der Waals surface area (Å²) in [6, 6.07) is -5.03. The number of hydrogen-bond donors (Lipinski definition) is 9. The van der Waals surface area contributed by atoms with Gasteiger partial charge in [0.05, 0.1) is 12.6 Å². The average Bonchev–Trinajstić information content (AvgIpc) is 2.72. The minimum absolute atomic E-state index is 0.135. The highest BCUT2D eigenvalue weighted by Gasteiger charge is 2.29. The molecule has 0 saturated carbocycles. The van der Waals surface area contributed by atoms with E-state index in [-0.39, 0.29) is 25.0 Å². The molecule has 31 heavy (non-hydrogen) atoms. The van der Waals surface area contributed by atoms with Gasteiger partial charge in [-0.25, -0.2) is 4.79 Å². The number of nitrogens with one attached hydrogen (secondary N) is 3. The van der Waals surface area contributed by atoms with Crippen molar-refractivity contribution in [1.29, 1.82) is 0 Å². The summed E-state index contributed by atoms with van der Waals surface area (Å²) < 4.78 is 0. The number of thiol groups is 1. The number of amides is 3. The van der Waals surface area contributed by atoms with E-state index in [1.165, 1.54) is 0 Å². The summed E-state index contributed by atoms with van der Waals surface area (Å²) >= 11 is 4.00. The van der Waals surface area contributed by atoms with Crippen molar-refractivity contribution < 1.29 is 39.3 Å². The Labute approximate surface area is 184 Å². The number of nitrogens with two attached hydrogens (primary N) is 2. The Bertz CT molecular complexity index is 636. The molecule has 0 aliphatic carbocycles. The van der Waals surface area contributed by atoms with Crippen molar-refractivity contribution in [1.82, 2.24) is 16.0 Å². The number of carboxylic acids is 2. The Hall–Kier alpha value is -2.42. The minimum Gasteiger partial charge on any atom is -0.481 e. The van der Waals surface area contributed by atoms with Gasteiger partial charge in [-0.15, -0.1) is 0 Å². The smallest absolute Gasteiger partial charge is 0.328 e. The molecule has 178 valence electrons. The van der Waals surface area contributed by atoms with E-state index in [1.807, 2.05) is 0 Å². The number of aliphatic hydroxyl groups excluding tert-OH is 1. The summed E-state index contributed by atoms with van der Waals surface area (Å²) in [5.41, 5.74) is 11.0. The number of carbonyl (C=O) groups excluding carboxylic acids is 3. The van der Waals surface area contributed by atoms with Crippen LogP contribution in [0.15, 0.2) is 0 Å². The van der Waals surface area contributed by atoms with Crippen LogP contribution in [0.3, 0.4) is 0 Å². The Balaban J connectivity index is 5.12. The second-order valence-corrected chi connectivity index (χ2v) is 7.08. The van der Waals surface area contributed by atoms with Crippen LogP contribution in [0.2, 0.25) is 0 Å². The van der Waals surface area contributed by atoms with Crippen LogP contribution in [0, 0.1) is 0 Å². The Morgan fingerprint density at radius 3 is 1.87 bits per heavy atom. The highest BCUT2D eigenvalue weighted by atomic mass is 32.1. The van der Waals surface area contributed by atoms with Gasteiger partial charge in [0.15, 0.2) is 0 Å². The Morgan fingerprint density at radius 2 is 1.39 bits per heavy atom. The average molecular weight is 466 g/mol. The van der Waals surface area contributed by atoms with Gasteiger partial charge in [-0.1, -0.05) is 0 Å². The molecule has 0 aliphatic rings. The van der Waals surface area contributed by atoms with Gasteiger partial charge in [0.1, 0.15) is 18.1 Å². The van der Waals surface area contributed by atoms with Crippen LogP contribution < -0.4 is 27.4 Å². The van der Waals surface area contributed by atoms with Gasteiger partial charge in [-0.3, -0.25) is 19.2 Å². The number of aliphatic hydroxyl groups is 1. The number of rotatable bonds is 16. The number of carboxylic acid groups (broad SMARTS) is 2. The van der Waals surface area contributed by atoms with Crippen LogP contribution in [-0.2, 0) is 24.0 Å². The van der Waals surface area contributed by atoms with E-state index in [9.17, 15) is 24.0 Å². The van der Waals surface area contributed by atoms with Crippen LogP contribution in [0.4, 0.5) is 0 Å². The van der Waals surface area contributed by atoms with E-state index in [1.54, 1.807) is 0 Å². The van der Waals surface area contributed by atoms with Crippen LogP contribution in [0.25, 0.3) is 0 Å². The molecule has 13 nitrogen and oxygen atoms in total. The summed E-state index contributed by atoms with van der Waals surface area (Å²) in [5, 5.41) is 33.6. The molecular formula is C17H31N5O8S. The third-order valence-electron chi connectivity index (χ3n) is 4.20. The zero-order valence-electron chi connectivity index (χ0n) is 17.0. The number of carbonyl (C=O) groups is 5. The van der Waals surface area contributed by atoms with Gasteiger partial charge < -0.3 is 42.7 Å². The van der Waals surface area contributed by atoms with Gasteiger partial charge >= 0.3 is 11.9 Å². The highest BCUT2D eigenvalue weighted by Crippen LogP contribution is 2.04. The molecule has 3 amide bonds. The van der Waals surface area contributed by atoms with Gasteiger partial charge in [-0.2, -0.15) is 12.6 Å². The van der Waals surface area contributed by atoms with Crippen LogP contribution in [-0.4, -0.2) is 88.1 Å². The molecular weight excluding hydrogens is 434 g/mol. The fourth-order valence-electron chi connectivity index (χ4n) is 2.37. The first-order valence-electron chi connectivity index (χ1n) is 9.60. The monoisotopic (exact) mass is 465 g/mol. The topological polar surface area (TPSA) is 234 Å². The molecule has 0 spiro atoms. The van der Waals surface area contributed by atoms with Crippen molar-refractivity contribution in [2.75, 3.05) is 18.9 Å². The van der Waals surface area contributed by atoms with Gasteiger partial charge in [0.2, 0.25) is 17.7 Å². The summed E-state index contributed by atoms with van der Waals surface area (Å²) in [5.74, 6) is -5.06. The number of unbranched alkanes of at least 4 members (excludes halogenated alkanes) is 1. The maximum atomic E-state index is 12.6. The van der Waals surface area contributed by atoms with Crippen LogP contribution in [0.5, 0.6) is 0 Å². The molecule has 0 saturated heterocycles. The van der Waals surface area contributed by atoms with Crippen molar-refractivity contribution in [2.45, 2.75) is 56.3 Å². The molecule has 0 aromatic rings. The Morgan fingerprint density at radius 1 is 0.839 bits per heavy atom. The maximum Gasteiger partial charge on any atom is 0.328 e. The second kappa shape index (κ2) is 15.4. The quantitative estimate of drug-likeness (QED) is 0.0816. The summed E-state index contributed by atoms with van der Waals surface area (Å²) in [7, 11) is 0. The predicted molar refractivity (Wildman–Crippen MR) is 112 cm³/mol. The molecule has 0 aromatic heterocycles. The minimum atomic E-state index is -1.55. The van der Waals surface area contributed by atoms with Crippen molar-refractivity contribution in [2.24, 2.45) is 11.5 Å². The maximum absolute atomic E-state index is 12.6. The first-order valence-corrected chi connectivity index (χ1v) is 10.2. The first kappa shape index (κ1) is 28.6. The zero-order chi connectivity index (χ0) is 24.0. The molecule has 0 heterocycles. The molecule has 10 N–H and O–H groups in total. The van der Waals surface area contributed by atoms with E-state index in [0.717, 1.165) is 0 Å². The van der Waals surface area contributed by atoms with Crippen molar-refractivity contribution in [3.8, 4) is 0 Å². The molecule has 4 unspecified atom stereocenters. The fraction of sp³-hybridized carbons (Fsp3) is 0.706. The molecule has 0 bridgehead atoms. The third kappa shape index (κ3) is 11.5. The number of aliphatic carboxylic acids is 2. The van der Waals surface area contributed by atoms with Crippen LogP contribution >= 0.6 is 12.6 Å². The van der Waals surface area contributed by atoms with Gasteiger partial charge in [0, 0.05) is 12.2 Å². The SMILES string of the molecule is NCCCCC(NC(=O)C(CS)NC(=O)C(N)CCC(=O)O)C(=O)NC(CO)C(=O)O. The largest absolute Gasteiger partial charge is 0.481 e. The lowest BCUT2D eigenvalue weighted by molar-refractivity contribution is -0.143. The molecule has 0 aromatic carbocycles. The van der Waals surface area contributed by atoms with E-state index in [2.05, 4.69) is 28.6 Å². The molecule has 4 atom stereocenters. The molecule has 14 heteroatoms. The molecule has 0 rings (SSSR count). The molecule has 0 fully saturated rings. The summed E-state index contributed by atoms with van der Waals surface area (Å²) in [4.78, 5) is 58.7. The summed E-state index contributed by atoms with van der Waals surface area (Å²) in [6.07, 6.45) is 0.671. The Kier molecular flexibility index (Phi) is 14.2. The molecule has 0 aliphatic heterocycles. The predicted octanol–water partition coefficient (Wildman–Crippen LogP) is -3.23. The lowest BCUT2D eigenvalue weighted by Crippen LogP contribution is -2.58. The first-order chi connectivity index (χ1) is 14.6. The zero-order valence-corrected chi connectivity index (χ0v) is 17.8. The normalized spacial score (nSPS) is 14.6. The molecule has 0 radical (unpaired) electrons. The van der Waals surface area contributed by atoms with Crippen LogP contribution in [0.1, 0.15) is 32.1 Å². The lowest BCUT2D eigenvalue weighted by atomic mass is 10.1. The van der Waals surface area contributed by atoms with E-state index >= 15 is 0 Å². The van der Waals surface area contributed by atoms with Crippen molar-refractivity contribution in [3.05, 3.63) is 0 Å². The third-order valence-corrected chi connectivity index (χ3v) is 4.56. The summed E-state index contributed by atoms with van der Waals surface area (Å²) in [6.45, 7) is -0.492. The van der Waals surface area contributed by atoms with Gasteiger partial charge in [-0.05, 0) is 32.2 Å². The van der Waals surface area contributed by atoms with E-state index in [0.29, 0.717) is 19.4 Å². The van der Waals surface area contributed by atoms with E-state index in [4.69, 9.17) is 26.8 Å². The van der Waals surface area contributed by atoms with Gasteiger partial charge in [0.25, 0.3) is 0 Å².